The van der Waals surface area contributed by atoms with E-state index in [-0.39, 0.29) is 23.6 Å². The second-order valence-electron chi connectivity index (χ2n) is 11.7. The molecule has 7 heteroatoms. The van der Waals surface area contributed by atoms with Crippen molar-refractivity contribution in [1.29, 1.82) is 0 Å². The van der Waals surface area contributed by atoms with E-state index in [0.717, 1.165) is 72.9 Å². The number of rotatable bonds is 8. The van der Waals surface area contributed by atoms with E-state index in [1.807, 2.05) is 31.3 Å². The molecule has 210 valence electrons. The van der Waals surface area contributed by atoms with Gasteiger partial charge in [-0.3, -0.25) is 4.98 Å². The van der Waals surface area contributed by atoms with Gasteiger partial charge in [0.2, 0.25) is 0 Å². The zero-order valence-electron chi connectivity index (χ0n) is 23.7. The standard InChI is InChI=1S/C33H40N4O3/c1-32(22-38,25-14-16-28(17-15-25)37(2)31(39)40-3)36-27-20-29(23-8-5-4-6-9-23)30(35-21-27)24-10-12-26(13-11-24)33(34)18-7-19-33/h4-6,8-13,20-22,25,28,36H,7,14-19,34H2,1-3H3. The van der Waals surface area contributed by atoms with Crippen LogP contribution in [0.3, 0.4) is 0 Å². The quantitative estimate of drug-likeness (QED) is 0.322. The van der Waals surface area contributed by atoms with Crippen LogP contribution >= 0.6 is 0 Å². The molecule has 3 aromatic rings. The molecule has 2 aliphatic carbocycles. The third kappa shape index (κ3) is 5.48. The van der Waals surface area contributed by atoms with Gasteiger partial charge >= 0.3 is 6.09 Å². The first-order valence-corrected chi connectivity index (χ1v) is 14.3. The Labute approximate surface area is 237 Å². The first-order valence-electron chi connectivity index (χ1n) is 14.3. The van der Waals surface area contributed by atoms with Crippen molar-refractivity contribution < 1.29 is 14.3 Å². The number of anilines is 1. The monoisotopic (exact) mass is 540 g/mol. The van der Waals surface area contributed by atoms with E-state index >= 15 is 0 Å². The second kappa shape index (κ2) is 11.4. The Bertz CT molecular complexity index is 1330. The normalized spacial score (nSPS) is 21.4. The molecule has 2 aromatic carbocycles. The zero-order chi connectivity index (χ0) is 28.3. The van der Waals surface area contributed by atoms with Gasteiger partial charge in [-0.15, -0.1) is 0 Å². The average molecular weight is 541 g/mol. The molecule has 7 nitrogen and oxygen atoms in total. The maximum atomic E-state index is 12.5. The van der Waals surface area contributed by atoms with E-state index in [2.05, 4.69) is 47.8 Å². The van der Waals surface area contributed by atoms with Crippen molar-refractivity contribution in [3.63, 3.8) is 0 Å². The Morgan fingerprint density at radius 3 is 2.33 bits per heavy atom. The van der Waals surface area contributed by atoms with Crippen LogP contribution in [-0.2, 0) is 15.1 Å². The van der Waals surface area contributed by atoms with Crippen molar-refractivity contribution in [2.75, 3.05) is 19.5 Å². The minimum atomic E-state index is -0.758. The number of benzene rings is 2. The summed E-state index contributed by atoms with van der Waals surface area (Å²) in [5, 5.41) is 3.53. The van der Waals surface area contributed by atoms with Gasteiger partial charge in [-0.1, -0.05) is 54.6 Å². The molecule has 1 aromatic heterocycles. The second-order valence-corrected chi connectivity index (χ2v) is 11.7. The van der Waals surface area contributed by atoms with E-state index < -0.39 is 5.54 Å². The summed E-state index contributed by atoms with van der Waals surface area (Å²) in [5.74, 6) is 0.134. The lowest BCUT2D eigenvalue weighted by Crippen LogP contribution is -2.48. The number of nitrogens with two attached hydrogens (primary N) is 1. The molecule has 3 N–H and O–H groups in total. The van der Waals surface area contributed by atoms with Crippen molar-refractivity contribution >= 4 is 18.1 Å². The van der Waals surface area contributed by atoms with Crippen LogP contribution in [-0.4, -0.2) is 48.0 Å². The molecule has 40 heavy (non-hydrogen) atoms. The number of methoxy groups -OCH3 is 1. The molecule has 0 aliphatic heterocycles. The number of nitrogens with one attached hydrogen (secondary N) is 1. The molecule has 2 saturated carbocycles. The number of amides is 1. The molecule has 1 amide bonds. The van der Waals surface area contributed by atoms with Gasteiger partial charge in [0.25, 0.3) is 0 Å². The van der Waals surface area contributed by atoms with Crippen LogP contribution in [0, 0.1) is 5.92 Å². The molecule has 0 spiro atoms. The number of aromatic nitrogens is 1. The lowest BCUT2D eigenvalue weighted by Gasteiger charge is -2.41. The first-order chi connectivity index (χ1) is 19.3. The van der Waals surface area contributed by atoms with Crippen LogP contribution in [0.5, 0.6) is 0 Å². The predicted molar refractivity (Wildman–Crippen MR) is 159 cm³/mol. The van der Waals surface area contributed by atoms with Crippen LogP contribution in [0.4, 0.5) is 10.5 Å². The summed E-state index contributed by atoms with van der Waals surface area (Å²) < 4.78 is 4.88. The smallest absolute Gasteiger partial charge is 0.409 e. The highest BCUT2D eigenvalue weighted by Gasteiger charge is 2.38. The Morgan fingerprint density at radius 1 is 1.07 bits per heavy atom. The topological polar surface area (TPSA) is 97.5 Å². The molecule has 5 rings (SSSR count). The van der Waals surface area contributed by atoms with Crippen LogP contribution in [0.15, 0.2) is 66.9 Å². The van der Waals surface area contributed by atoms with Gasteiger partial charge in [0.1, 0.15) is 6.29 Å². The van der Waals surface area contributed by atoms with Crippen molar-refractivity contribution in [2.24, 2.45) is 11.7 Å². The van der Waals surface area contributed by atoms with Crippen molar-refractivity contribution in [3.05, 3.63) is 72.4 Å². The Kier molecular flexibility index (Phi) is 7.95. The maximum Gasteiger partial charge on any atom is 0.409 e. The summed E-state index contributed by atoms with van der Waals surface area (Å²) in [4.78, 5) is 31.1. The van der Waals surface area contributed by atoms with Gasteiger partial charge in [-0.2, -0.15) is 0 Å². The Morgan fingerprint density at radius 2 is 1.75 bits per heavy atom. The van der Waals surface area contributed by atoms with Gasteiger partial charge in [0.15, 0.2) is 0 Å². The van der Waals surface area contributed by atoms with E-state index in [1.165, 1.54) is 19.1 Å². The number of carbonyl (C=O) groups excluding carboxylic acids is 2. The fraction of sp³-hybridized carbons (Fsp3) is 0.424. The number of aldehydes is 1. The zero-order valence-corrected chi connectivity index (χ0v) is 23.7. The van der Waals surface area contributed by atoms with E-state index in [0.29, 0.717) is 0 Å². The van der Waals surface area contributed by atoms with Crippen LogP contribution in [0.1, 0.15) is 57.4 Å². The van der Waals surface area contributed by atoms with Gasteiger partial charge in [-0.25, -0.2) is 4.79 Å². The molecular weight excluding hydrogens is 500 g/mol. The summed E-state index contributed by atoms with van der Waals surface area (Å²) in [6.45, 7) is 1.97. The summed E-state index contributed by atoms with van der Waals surface area (Å²) in [6.07, 6.45) is 9.09. The van der Waals surface area contributed by atoms with E-state index in [9.17, 15) is 9.59 Å². The van der Waals surface area contributed by atoms with Crippen molar-refractivity contribution in [2.45, 2.75) is 69.0 Å². The lowest BCUT2D eigenvalue weighted by atomic mass is 9.72. The number of hydrogen-bond donors (Lipinski definition) is 2. The van der Waals surface area contributed by atoms with Crippen LogP contribution in [0.2, 0.25) is 0 Å². The maximum absolute atomic E-state index is 12.5. The van der Waals surface area contributed by atoms with E-state index in [1.54, 1.807) is 11.9 Å². The highest BCUT2D eigenvalue weighted by atomic mass is 16.5. The van der Waals surface area contributed by atoms with Gasteiger partial charge < -0.3 is 25.5 Å². The predicted octanol–water partition coefficient (Wildman–Crippen LogP) is 6.38. The minimum absolute atomic E-state index is 0.120. The first kappa shape index (κ1) is 27.8. The number of nitrogens with zero attached hydrogens (tertiary/aromatic N) is 2. The highest BCUT2D eigenvalue weighted by molar-refractivity contribution is 5.83. The molecule has 0 radical (unpaired) electrons. The molecular formula is C33H40N4O3. The number of pyridine rings is 1. The van der Waals surface area contributed by atoms with Gasteiger partial charge in [0.05, 0.1) is 30.2 Å². The lowest BCUT2D eigenvalue weighted by molar-refractivity contribution is -0.113. The fourth-order valence-corrected chi connectivity index (χ4v) is 6.30. The molecule has 1 atom stereocenters. The largest absolute Gasteiger partial charge is 0.453 e. The fourth-order valence-electron chi connectivity index (χ4n) is 6.30. The summed E-state index contributed by atoms with van der Waals surface area (Å²) in [5.41, 5.74) is 11.6. The summed E-state index contributed by atoms with van der Waals surface area (Å²) >= 11 is 0. The van der Waals surface area contributed by atoms with Crippen molar-refractivity contribution in [1.82, 2.24) is 9.88 Å². The van der Waals surface area contributed by atoms with Crippen LogP contribution < -0.4 is 11.1 Å². The number of carbonyl (C=O) groups is 2. The molecule has 2 fully saturated rings. The van der Waals surface area contributed by atoms with E-state index in [4.69, 9.17) is 15.5 Å². The molecule has 1 heterocycles. The minimum Gasteiger partial charge on any atom is -0.453 e. The van der Waals surface area contributed by atoms with Gasteiger partial charge in [-0.05, 0) is 75.0 Å². The highest BCUT2D eigenvalue weighted by Crippen LogP contribution is 2.41. The molecule has 2 aliphatic rings. The average Bonchev–Trinajstić information content (AvgIpc) is 2.99. The number of hydrogen-bond acceptors (Lipinski definition) is 6. The molecule has 1 unspecified atom stereocenters. The third-order valence-corrected chi connectivity index (χ3v) is 9.17. The Balaban J connectivity index is 1.39. The molecule has 0 bridgehead atoms. The SMILES string of the molecule is COC(=O)N(C)C1CCC(C(C)(C=O)Nc2cnc(-c3ccc(C4(N)CCC4)cc3)c(-c3ccccc3)c2)CC1. The van der Waals surface area contributed by atoms with Gasteiger partial charge in [0, 0.05) is 29.8 Å². The number of ether oxygens (including phenoxy) is 1. The Hall–Kier alpha value is -3.71. The van der Waals surface area contributed by atoms with Crippen LogP contribution in [0.25, 0.3) is 22.4 Å². The van der Waals surface area contributed by atoms with Crippen molar-refractivity contribution in [3.8, 4) is 22.4 Å². The molecule has 0 saturated heterocycles. The summed E-state index contributed by atoms with van der Waals surface area (Å²) in [6, 6.07) is 20.9. The summed E-state index contributed by atoms with van der Waals surface area (Å²) in [7, 11) is 3.18. The third-order valence-electron chi connectivity index (χ3n) is 9.17.